The zero-order valence-electron chi connectivity index (χ0n) is 36.4. The molecule has 4 aromatic rings. The molecule has 0 atom stereocenters. The minimum Gasteiger partial charge on any atom is -0.207 e. The Morgan fingerprint density at radius 3 is 0.790 bits per heavy atom. The summed E-state index contributed by atoms with van der Waals surface area (Å²) < 4.78 is 118. The summed E-state index contributed by atoms with van der Waals surface area (Å²) in [5.41, 5.74) is 3.72. The van der Waals surface area contributed by atoms with Crippen LogP contribution in [0.25, 0.3) is 0 Å². The molecule has 0 N–H and O–H groups in total. The Hall–Kier alpha value is -3.48. The first-order valence-corrected chi connectivity index (χ1v) is 27.4. The van der Waals surface area contributed by atoms with Crippen molar-refractivity contribution in [1.29, 1.82) is 0 Å². The lowest BCUT2D eigenvalue weighted by atomic mass is 10.2. The van der Waals surface area contributed by atoms with Gasteiger partial charge in [-0.15, -0.1) is 0 Å². The van der Waals surface area contributed by atoms with Gasteiger partial charge >= 0.3 is 0 Å². The summed E-state index contributed by atoms with van der Waals surface area (Å²) in [5.74, 6) is 0.557. The summed E-state index contributed by atoms with van der Waals surface area (Å²) in [4.78, 5) is 0.679. The smallest absolute Gasteiger partial charge is 0.207 e. The maximum Gasteiger partial charge on any atom is 0.243 e. The second-order valence-corrected chi connectivity index (χ2v) is 24.8. The largest absolute Gasteiger partial charge is 0.243 e. The van der Waals surface area contributed by atoms with Crippen molar-refractivity contribution in [1.82, 2.24) is 17.2 Å². The molecule has 16 heteroatoms. The highest BCUT2D eigenvalue weighted by molar-refractivity contribution is 7.90. The van der Waals surface area contributed by atoms with E-state index in [2.05, 4.69) is 0 Å². The van der Waals surface area contributed by atoms with E-state index in [1.807, 2.05) is 27.7 Å². The van der Waals surface area contributed by atoms with Crippen molar-refractivity contribution in [3.63, 3.8) is 0 Å². The zero-order valence-corrected chi connectivity index (χ0v) is 39.7. The van der Waals surface area contributed by atoms with E-state index in [9.17, 15) is 33.7 Å². The van der Waals surface area contributed by atoms with Gasteiger partial charge < -0.3 is 0 Å². The van der Waals surface area contributed by atoms with Crippen molar-refractivity contribution in [2.45, 2.75) is 98.6 Å². The Bertz CT molecular complexity index is 2360. The molecule has 6 rings (SSSR count). The van der Waals surface area contributed by atoms with E-state index in [0.29, 0.717) is 25.9 Å². The number of unbranched alkanes of at least 4 members (excludes halogenated alkanes) is 1. The van der Waals surface area contributed by atoms with Crippen molar-refractivity contribution in [3.8, 4) is 0 Å². The molecular weight excluding hydrogens is 865 g/mol. The normalized spacial score (nSPS) is 15.3. The highest BCUT2D eigenvalue weighted by Crippen LogP contribution is 2.33. The van der Waals surface area contributed by atoms with Crippen molar-refractivity contribution in [2.75, 3.05) is 52.4 Å². The second kappa shape index (κ2) is 20.6. The van der Waals surface area contributed by atoms with E-state index >= 15 is 0 Å². The van der Waals surface area contributed by atoms with Crippen LogP contribution >= 0.6 is 0 Å². The number of benzene rings is 4. The summed E-state index contributed by atoms with van der Waals surface area (Å²) in [6.45, 7) is 8.91. The molecule has 0 radical (unpaired) electrons. The summed E-state index contributed by atoms with van der Waals surface area (Å²) in [6.07, 6.45) is 5.00. The first-order chi connectivity index (χ1) is 29.4. The van der Waals surface area contributed by atoms with E-state index in [1.54, 1.807) is 97.1 Å². The maximum atomic E-state index is 14.2. The topological polar surface area (TPSA) is 150 Å². The molecule has 0 bridgehead atoms. The molecule has 2 aliphatic rings. The molecule has 0 aliphatic heterocycles. The van der Waals surface area contributed by atoms with E-state index in [0.717, 1.165) is 47.9 Å². The SMILES string of the molecule is Cc1ccc(S(=O)(=O)N(CCCCN(CCCN(CC2CC2)S(=O)(=O)c2ccc(C)cc2)S(=O)(=O)c2ccc(C)cc2)CCCN(CC2CC2)S(=O)(=O)c2ccc(C)cc2)cc1. The number of aryl methyl sites for hydroxylation is 4. The van der Waals surface area contributed by atoms with Gasteiger partial charge in [0.2, 0.25) is 40.1 Å². The second-order valence-electron chi connectivity index (χ2n) is 17.1. The van der Waals surface area contributed by atoms with Gasteiger partial charge in [0.05, 0.1) is 19.6 Å². The van der Waals surface area contributed by atoms with Crippen LogP contribution < -0.4 is 0 Å². The molecule has 0 heterocycles. The summed E-state index contributed by atoms with van der Waals surface area (Å²) >= 11 is 0. The number of sulfonamides is 4. The maximum absolute atomic E-state index is 14.2. The summed E-state index contributed by atoms with van der Waals surface area (Å²) in [5, 5.41) is 0. The van der Waals surface area contributed by atoms with E-state index < -0.39 is 40.1 Å². The van der Waals surface area contributed by atoms with Crippen molar-refractivity contribution < 1.29 is 33.7 Å². The average molecular weight is 927 g/mol. The van der Waals surface area contributed by atoms with Gasteiger partial charge in [0.25, 0.3) is 0 Å². The van der Waals surface area contributed by atoms with Gasteiger partial charge in [0.15, 0.2) is 0 Å². The molecule has 0 unspecified atom stereocenters. The van der Waals surface area contributed by atoms with Gasteiger partial charge in [-0.05, 0) is 139 Å². The fraction of sp³-hybridized carbons (Fsp3) is 0.478. The Balaban J connectivity index is 1.16. The van der Waals surface area contributed by atoms with Crippen LogP contribution in [0.15, 0.2) is 117 Å². The van der Waals surface area contributed by atoms with Crippen LogP contribution in [-0.2, 0) is 40.1 Å². The van der Waals surface area contributed by atoms with Crippen molar-refractivity contribution >= 4 is 40.1 Å². The molecule has 338 valence electrons. The monoisotopic (exact) mass is 926 g/mol. The van der Waals surface area contributed by atoms with Gasteiger partial charge in [-0.1, -0.05) is 70.8 Å². The van der Waals surface area contributed by atoms with Crippen LogP contribution in [0, 0.1) is 39.5 Å². The predicted octanol–water partition coefficient (Wildman–Crippen LogP) is 7.36. The van der Waals surface area contributed by atoms with Gasteiger partial charge in [-0.25, -0.2) is 33.7 Å². The molecule has 0 spiro atoms. The third-order valence-corrected chi connectivity index (χ3v) is 19.2. The molecule has 12 nitrogen and oxygen atoms in total. The molecule has 2 aliphatic carbocycles. The number of hydrogen-bond donors (Lipinski definition) is 0. The van der Waals surface area contributed by atoms with E-state index in [1.165, 1.54) is 17.2 Å². The lowest BCUT2D eigenvalue weighted by molar-refractivity contribution is 0.331. The highest BCUT2D eigenvalue weighted by atomic mass is 32.2. The van der Waals surface area contributed by atoms with Crippen LogP contribution in [0.5, 0.6) is 0 Å². The molecule has 0 amide bonds. The molecular formula is C46H62N4O8S4. The Morgan fingerprint density at radius 1 is 0.339 bits per heavy atom. The highest BCUT2D eigenvalue weighted by Gasteiger charge is 2.34. The van der Waals surface area contributed by atoms with Gasteiger partial charge in [0.1, 0.15) is 0 Å². The minimum atomic E-state index is -3.99. The fourth-order valence-electron chi connectivity index (χ4n) is 7.36. The van der Waals surface area contributed by atoms with Crippen LogP contribution in [-0.4, -0.2) is 103 Å². The first-order valence-electron chi connectivity index (χ1n) is 21.6. The number of nitrogens with zero attached hydrogens (tertiary/aromatic N) is 4. The van der Waals surface area contributed by atoms with Gasteiger partial charge in [0, 0.05) is 52.4 Å². The van der Waals surface area contributed by atoms with Crippen molar-refractivity contribution in [2.24, 2.45) is 11.8 Å². The zero-order chi connectivity index (χ0) is 44.7. The number of hydrogen-bond acceptors (Lipinski definition) is 8. The van der Waals surface area contributed by atoms with Crippen LogP contribution in [0.1, 0.15) is 73.6 Å². The summed E-state index contributed by atoms with van der Waals surface area (Å²) in [7, 11) is -15.6. The third kappa shape index (κ3) is 12.6. The standard InChI is InChI=1S/C46H62N4O8S4/c1-37-9-21-43(22-10-37)59(51,52)47(31-7-33-49(35-41-17-18-41)61(55,56)45-25-13-39(3)14-26-45)29-5-6-30-48(60(53,54)44-23-11-38(2)12-24-44)32-8-34-50(36-42-19-20-42)62(57,58)46-27-15-40(4)16-28-46/h9-16,21-28,41-42H,5-8,17-20,29-36H2,1-4H3. The van der Waals surface area contributed by atoms with Crippen LogP contribution in [0.4, 0.5) is 0 Å². The summed E-state index contributed by atoms with van der Waals surface area (Å²) in [6, 6.07) is 26.8. The lowest BCUT2D eigenvalue weighted by Crippen LogP contribution is -2.39. The molecule has 0 saturated heterocycles. The fourth-order valence-corrected chi connectivity index (χ4v) is 13.5. The average Bonchev–Trinajstić information content (AvgIpc) is 4.18. The van der Waals surface area contributed by atoms with Crippen LogP contribution in [0.2, 0.25) is 0 Å². The predicted molar refractivity (Wildman–Crippen MR) is 244 cm³/mol. The van der Waals surface area contributed by atoms with Gasteiger partial charge in [-0.2, -0.15) is 17.2 Å². The Labute approximate surface area is 371 Å². The first kappa shape index (κ1) is 48.0. The number of rotatable bonds is 25. The molecule has 0 aromatic heterocycles. The quantitative estimate of drug-likeness (QED) is 0.0626. The third-order valence-electron chi connectivity index (χ3n) is 11.6. The Morgan fingerprint density at radius 2 is 0.548 bits per heavy atom. The minimum absolute atomic E-state index is 0.0679. The lowest BCUT2D eigenvalue weighted by Gasteiger charge is -2.27. The molecule has 4 aromatic carbocycles. The van der Waals surface area contributed by atoms with Crippen LogP contribution in [0.3, 0.4) is 0 Å². The Kier molecular flexibility index (Phi) is 15.9. The van der Waals surface area contributed by atoms with E-state index in [4.69, 9.17) is 0 Å². The molecule has 2 saturated carbocycles. The van der Waals surface area contributed by atoms with Gasteiger partial charge in [-0.3, -0.25) is 0 Å². The van der Waals surface area contributed by atoms with E-state index in [-0.39, 0.29) is 83.5 Å². The molecule has 2 fully saturated rings. The molecule has 62 heavy (non-hydrogen) atoms. The van der Waals surface area contributed by atoms with Crippen molar-refractivity contribution in [3.05, 3.63) is 119 Å².